The summed E-state index contributed by atoms with van der Waals surface area (Å²) in [5.41, 5.74) is 0. The molecule has 0 aromatic carbocycles. The fraction of sp³-hybridized carbons (Fsp3) is 0.942. The lowest BCUT2D eigenvalue weighted by molar-refractivity contribution is -0.146. The van der Waals surface area contributed by atoms with Crippen molar-refractivity contribution in [3.8, 4) is 0 Å². The van der Waals surface area contributed by atoms with E-state index < -0.39 is 0 Å². The van der Waals surface area contributed by atoms with E-state index in [1.165, 1.54) is 122 Å². The summed E-state index contributed by atoms with van der Waals surface area (Å²) in [5.74, 6) is 1.21. The van der Waals surface area contributed by atoms with Crippen LogP contribution in [-0.4, -0.2) is 69.7 Å². The van der Waals surface area contributed by atoms with E-state index in [0.717, 1.165) is 96.6 Å². The van der Waals surface area contributed by atoms with Crippen LogP contribution in [-0.2, 0) is 28.6 Å². The first kappa shape index (κ1) is 59.6. The number of nitrogens with zero attached hydrogens (tertiary/aromatic N) is 1. The summed E-state index contributed by atoms with van der Waals surface area (Å²) >= 11 is 0. The molecule has 0 aliphatic rings. The Bertz CT molecular complexity index is 805. The number of rotatable bonds is 44. The molecule has 0 unspecified atom stereocenters. The average molecular weight is 838 g/mol. The second-order valence-electron chi connectivity index (χ2n) is 18.2. The molecule has 0 saturated heterocycles. The molecule has 7 heteroatoms. The maximum absolute atomic E-state index is 12.4. The van der Waals surface area contributed by atoms with E-state index in [4.69, 9.17) is 14.2 Å². The number of aldehydes is 1. The first-order valence-electron chi connectivity index (χ1n) is 25.6. The molecule has 0 rings (SSSR count). The quantitative estimate of drug-likeness (QED) is 0.0343. The number of carbonyl (C=O) groups excluding carboxylic acids is 3. The molecule has 7 nitrogen and oxygen atoms in total. The molecule has 0 aromatic heterocycles. The van der Waals surface area contributed by atoms with Crippen LogP contribution in [0.4, 0.5) is 0 Å². The van der Waals surface area contributed by atoms with E-state index in [0.29, 0.717) is 43.9 Å². The van der Waals surface area contributed by atoms with Gasteiger partial charge in [0.15, 0.2) is 0 Å². The Morgan fingerprint density at radius 3 is 1.14 bits per heavy atom. The van der Waals surface area contributed by atoms with Gasteiger partial charge in [0.1, 0.15) is 6.29 Å². The van der Waals surface area contributed by atoms with Crippen molar-refractivity contribution in [1.82, 2.24) is 4.90 Å². The Labute approximate surface area is 368 Å². The van der Waals surface area contributed by atoms with Crippen molar-refractivity contribution in [2.45, 2.75) is 259 Å². The summed E-state index contributed by atoms with van der Waals surface area (Å²) in [5, 5.41) is 0. The monoisotopic (exact) mass is 838 g/mol. The van der Waals surface area contributed by atoms with E-state index in [2.05, 4.69) is 53.5 Å². The van der Waals surface area contributed by atoms with Gasteiger partial charge in [-0.05, 0) is 90.5 Å². The number of esters is 2. The van der Waals surface area contributed by atoms with Gasteiger partial charge in [0.2, 0.25) is 0 Å². The zero-order valence-electron chi connectivity index (χ0n) is 40.9. The smallest absolute Gasteiger partial charge is 0.306 e. The van der Waals surface area contributed by atoms with Crippen molar-refractivity contribution in [2.75, 3.05) is 40.5 Å². The molecule has 0 radical (unpaired) electrons. The van der Waals surface area contributed by atoms with Crippen molar-refractivity contribution in [3.63, 3.8) is 0 Å². The van der Waals surface area contributed by atoms with E-state index in [1.807, 2.05) is 0 Å². The maximum Gasteiger partial charge on any atom is 0.306 e. The van der Waals surface area contributed by atoms with Crippen molar-refractivity contribution < 1.29 is 28.6 Å². The van der Waals surface area contributed by atoms with Crippen molar-refractivity contribution in [1.29, 1.82) is 0 Å². The molecule has 0 heterocycles. The van der Waals surface area contributed by atoms with Crippen LogP contribution in [0.15, 0.2) is 0 Å². The standard InChI is InChI=1S/C44H84O5.C8H19NO/c1-5-9-21-29-40(30-22-10-6-2)37-43(46)48-35-27-19-15-13-17-25-33-42(39-45)34-26-18-14-16-20-28-36-49-44(47)38-41(31-23-11-7-3)32-24-12-8-4;1-8(2)9(3)6-5-7-10-4/h39-42H,5-38H2,1-4H3;8H,5-7H2,1-4H3. The molecule has 352 valence electrons. The minimum Gasteiger partial charge on any atom is -0.466 e. The molecule has 0 aliphatic heterocycles. The predicted octanol–water partition coefficient (Wildman–Crippen LogP) is 15.0. The fourth-order valence-corrected chi connectivity index (χ4v) is 7.82. The number of hydrogen-bond donors (Lipinski definition) is 0. The first-order chi connectivity index (χ1) is 28.7. The Morgan fingerprint density at radius 2 is 0.814 bits per heavy atom. The van der Waals surface area contributed by atoms with Crippen molar-refractivity contribution >= 4 is 18.2 Å². The van der Waals surface area contributed by atoms with Crippen molar-refractivity contribution in [3.05, 3.63) is 0 Å². The van der Waals surface area contributed by atoms with Crippen LogP contribution in [0, 0.1) is 17.8 Å². The lowest BCUT2D eigenvalue weighted by Crippen LogP contribution is -2.27. The van der Waals surface area contributed by atoms with E-state index in [9.17, 15) is 14.4 Å². The molecule has 0 bridgehead atoms. The van der Waals surface area contributed by atoms with Crippen LogP contribution in [0.25, 0.3) is 0 Å². The lowest BCUT2D eigenvalue weighted by atomic mass is 9.92. The molecule has 59 heavy (non-hydrogen) atoms. The second kappa shape index (κ2) is 47.6. The van der Waals surface area contributed by atoms with E-state index in [-0.39, 0.29) is 17.9 Å². The number of carbonyl (C=O) groups is 3. The van der Waals surface area contributed by atoms with Gasteiger partial charge in [0.25, 0.3) is 0 Å². The van der Waals surface area contributed by atoms with E-state index >= 15 is 0 Å². The predicted molar refractivity (Wildman–Crippen MR) is 253 cm³/mol. The zero-order valence-corrected chi connectivity index (χ0v) is 40.9. The third kappa shape index (κ3) is 44.4. The largest absolute Gasteiger partial charge is 0.466 e. The molecule has 0 saturated carbocycles. The van der Waals surface area contributed by atoms with Crippen LogP contribution in [0.1, 0.15) is 253 Å². The van der Waals surface area contributed by atoms with Gasteiger partial charge in [-0.1, -0.05) is 169 Å². The fourth-order valence-electron chi connectivity index (χ4n) is 7.82. The maximum atomic E-state index is 12.4. The van der Waals surface area contributed by atoms with Crippen LogP contribution >= 0.6 is 0 Å². The SMILES string of the molecule is CCCCCC(CCCCC)CC(=O)OCCCCCCCCC(C=O)CCCCCCCCOC(=O)CC(CCCCC)CCCCC.COCCCN(C)C(C)C. The summed E-state index contributed by atoms with van der Waals surface area (Å²) in [7, 11) is 3.88. The highest BCUT2D eigenvalue weighted by atomic mass is 16.5. The average Bonchev–Trinajstić information content (AvgIpc) is 3.22. The molecular formula is C52H103NO6. The molecule has 0 fully saturated rings. The van der Waals surface area contributed by atoms with Gasteiger partial charge in [-0.25, -0.2) is 0 Å². The minimum atomic E-state index is 0.00488. The van der Waals surface area contributed by atoms with Crippen LogP contribution < -0.4 is 0 Å². The van der Waals surface area contributed by atoms with Gasteiger partial charge in [-0.2, -0.15) is 0 Å². The van der Waals surface area contributed by atoms with Gasteiger partial charge in [0.05, 0.1) is 13.2 Å². The van der Waals surface area contributed by atoms with Gasteiger partial charge < -0.3 is 23.9 Å². The molecule has 0 amide bonds. The molecule has 0 atom stereocenters. The molecule has 0 N–H and O–H groups in total. The third-order valence-electron chi connectivity index (χ3n) is 12.2. The highest BCUT2D eigenvalue weighted by molar-refractivity contribution is 5.70. The van der Waals surface area contributed by atoms with Gasteiger partial charge in [-0.3, -0.25) is 9.59 Å². The van der Waals surface area contributed by atoms with Crippen LogP contribution in [0.5, 0.6) is 0 Å². The minimum absolute atomic E-state index is 0.00488. The highest BCUT2D eigenvalue weighted by Gasteiger charge is 2.16. The number of unbranched alkanes of at least 4 members (excludes halogenated alkanes) is 18. The Kier molecular flexibility index (Phi) is 48.1. The normalized spacial score (nSPS) is 11.5. The molecule has 0 spiro atoms. The van der Waals surface area contributed by atoms with Crippen molar-refractivity contribution in [2.24, 2.45) is 17.8 Å². The summed E-state index contributed by atoms with van der Waals surface area (Å²) in [6, 6.07) is 0.650. The molecule has 0 aliphatic carbocycles. The van der Waals surface area contributed by atoms with E-state index in [1.54, 1.807) is 7.11 Å². The summed E-state index contributed by atoms with van der Waals surface area (Å²) < 4.78 is 16.1. The van der Waals surface area contributed by atoms with Gasteiger partial charge in [0, 0.05) is 45.1 Å². The molecule has 0 aromatic rings. The Balaban J connectivity index is 0. The second-order valence-corrected chi connectivity index (χ2v) is 18.2. The zero-order chi connectivity index (χ0) is 44.0. The summed E-state index contributed by atoms with van der Waals surface area (Å²) in [6.07, 6.45) is 38.6. The number of ether oxygens (including phenoxy) is 3. The lowest BCUT2D eigenvalue weighted by Gasteiger charge is -2.20. The third-order valence-corrected chi connectivity index (χ3v) is 12.2. The van der Waals surface area contributed by atoms with Crippen LogP contribution in [0.3, 0.4) is 0 Å². The molecular weight excluding hydrogens is 735 g/mol. The summed E-state index contributed by atoms with van der Waals surface area (Å²) in [6.45, 7) is 16.5. The van der Waals surface area contributed by atoms with Gasteiger partial charge >= 0.3 is 11.9 Å². The Hall–Kier alpha value is -1.47. The Morgan fingerprint density at radius 1 is 0.475 bits per heavy atom. The number of hydrogen-bond acceptors (Lipinski definition) is 7. The topological polar surface area (TPSA) is 82.1 Å². The van der Waals surface area contributed by atoms with Gasteiger partial charge in [-0.15, -0.1) is 0 Å². The number of methoxy groups -OCH3 is 1. The summed E-state index contributed by atoms with van der Waals surface area (Å²) in [4.78, 5) is 38.7. The van der Waals surface area contributed by atoms with Crippen LogP contribution in [0.2, 0.25) is 0 Å². The highest BCUT2D eigenvalue weighted by Crippen LogP contribution is 2.23. The first-order valence-corrected chi connectivity index (χ1v) is 25.6.